The maximum atomic E-state index is 13.5. The van der Waals surface area contributed by atoms with E-state index in [9.17, 15) is 28.8 Å². The number of imide groups is 2. The van der Waals surface area contributed by atoms with Gasteiger partial charge in [-0.3, -0.25) is 40.1 Å². The van der Waals surface area contributed by atoms with Crippen molar-refractivity contribution in [2.75, 3.05) is 76.5 Å². The number of benzene rings is 2. The summed E-state index contributed by atoms with van der Waals surface area (Å²) >= 11 is 3.09. The molecule has 2 aromatic carbocycles. The first kappa shape index (κ1) is 38.4. The van der Waals surface area contributed by atoms with Crippen LogP contribution in [-0.2, 0) is 23.8 Å². The average Bonchev–Trinajstić information content (AvgIpc) is 3.70. The van der Waals surface area contributed by atoms with Crippen molar-refractivity contribution in [2.24, 2.45) is 4.99 Å². The van der Waals surface area contributed by atoms with Crippen LogP contribution in [0.3, 0.4) is 0 Å². The van der Waals surface area contributed by atoms with Crippen LogP contribution in [0.15, 0.2) is 50.5 Å². The number of amides is 4. The second kappa shape index (κ2) is 19.1. The van der Waals surface area contributed by atoms with Gasteiger partial charge in [-0.25, -0.2) is 14.0 Å². The van der Waals surface area contributed by atoms with Gasteiger partial charge in [0.15, 0.2) is 11.5 Å². The van der Waals surface area contributed by atoms with Gasteiger partial charge in [0.2, 0.25) is 17.6 Å². The van der Waals surface area contributed by atoms with E-state index in [4.69, 9.17) is 18.8 Å². The second-order valence-corrected chi connectivity index (χ2v) is 12.1. The van der Waals surface area contributed by atoms with E-state index in [-0.39, 0.29) is 45.8 Å². The molecule has 1 atom stereocenters. The Bertz CT molecular complexity index is 1780. The quantitative estimate of drug-likeness (QED) is 0.0314. The predicted molar refractivity (Wildman–Crippen MR) is 185 cm³/mol. The van der Waals surface area contributed by atoms with Gasteiger partial charge in [-0.05, 0) is 63.0 Å². The molecule has 0 spiro atoms. The molecule has 1 unspecified atom stereocenters. The maximum absolute atomic E-state index is 13.5. The van der Waals surface area contributed by atoms with E-state index in [1.165, 1.54) is 24.3 Å². The summed E-state index contributed by atoms with van der Waals surface area (Å²) in [5.41, 5.74) is 3.32. The molecule has 6 N–H and O–H groups in total. The van der Waals surface area contributed by atoms with Crippen molar-refractivity contribution >= 4 is 62.6 Å². The topological polar surface area (TPSA) is 231 Å². The first-order chi connectivity index (χ1) is 25.3. The zero-order chi connectivity index (χ0) is 36.9. The molecule has 1 fully saturated rings. The molecule has 0 saturated carbocycles. The number of fused-ring (bicyclic) bond motifs is 1. The highest BCUT2D eigenvalue weighted by atomic mass is 79.9. The number of amidine groups is 1. The summed E-state index contributed by atoms with van der Waals surface area (Å²) in [6.45, 7) is 4.24. The number of piperidine rings is 1. The van der Waals surface area contributed by atoms with Crippen molar-refractivity contribution in [2.45, 2.75) is 18.9 Å². The molecular weight excluding hydrogens is 753 g/mol. The fraction of sp³-hybridized carbons (Fsp3) is 0.406. The monoisotopic (exact) mass is 789 g/mol. The van der Waals surface area contributed by atoms with Gasteiger partial charge in [0.1, 0.15) is 11.9 Å². The van der Waals surface area contributed by atoms with E-state index in [1.807, 2.05) is 5.48 Å². The molecule has 3 heterocycles. The third-order valence-electron chi connectivity index (χ3n) is 7.75. The van der Waals surface area contributed by atoms with Gasteiger partial charge in [0, 0.05) is 38.3 Å². The van der Waals surface area contributed by atoms with Crippen LogP contribution in [0.4, 0.5) is 21.6 Å². The number of nitrogens with one attached hydrogen (secondary N) is 5. The number of carbonyl (C=O) groups is 4. The molecule has 1 saturated heterocycles. The molecule has 2 aliphatic rings. The lowest BCUT2D eigenvalue weighted by Gasteiger charge is -2.27. The number of aliphatic imine (C=N–C) groups is 1. The molecule has 5 rings (SSSR count). The molecule has 1 aromatic heterocycles. The molecule has 0 aliphatic carbocycles. The van der Waals surface area contributed by atoms with E-state index in [0.29, 0.717) is 77.2 Å². The molecule has 0 radical (unpaired) electrons. The summed E-state index contributed by atoms with van der Waals surface area (Å²) in [5.74, 6) is -2.45. The fourth-order valence-electron chi connectivity index (χ4n) is 5.28. The van der Waals surface area contributed by atoms with Crippen molar-refractivity contribution in [1.29, 1.82) is 0 Å². The minimum absolute atomic E-state index is 0.0403. The van der Waals surface area contributed by atoms with Crippen LogP contribution in [-0.4, -0.2) is 122 Å². The lowest BCUT2D eigenvalue weighted by molar-refractivity contribution is -0.136. The van der Waals surface area contributed by atoms with Crippen LogP contribution < -0.4 is 26.7 Å². The van der Waals surface area contributed by atoms with Gasteiger partial charge in [0.05, 0.1) is 60.9 Å². The Labute approximate surface area is 304 Å². The number of hydroxylamine groups is 1. The predicted octanol–water partition coefficient (Wildman–Crippen LogP) is 1.59. The number of aromatic nitrogens is 2. The van der Waals surface area contributed by atoms with Gasteiger partial charge in [-0.15, -0.1) is 0 Å². The molecule has 4 amide bonds. The highest BCUT2D eigenvalue weighted by molar-refractivity contribution is 9.10. The summed E-state index contributed by atoms with van der Waals surface area (Å²) in [5, 5.41) is 28.7. The molecule has 278 valence electrons. The van der Waals surface area contributed by atoms with Gasteiger partial charge in [0.25, 0.3) is 11.8 Å². The Morgan fingerprint density at radius 2 is 1.71 bits per heavy atom. The number of hydrogen-bond donors (Lipinski definition) is 6. The van der Waals surface area contributed by atoms with Crippen LogP contribution in [0.25, 0.3) is 0 Å². The maximum Gasteiger partial charge on any atom is 0.264 e. The summed E-state index contributed by atoms with van der Waals surface area (Å²) in [6, 6.07) is 7.97. The molecule has 20 heteroatoms. The summed E-state index contributed by atoms with van der Waals surface area (Å²) in [7, 11) is 0. The third kappa shape index (κ3) is 9.92. The lowest BCUT2D eigenvalue weighted by Crippen LogP contribution is -2.54. The minimum atomic E-state index is -1.02. The summed E-state index contributed by atoms with van der Waals surface area (Å²) in [6.07, 6.45) is 0.146. The van der Waals surface area contributed by atoms with Crippen molar-refractivity contribution in [3.8, 4) is 0 Å². The molecular formula is C32H37BrFN9O9. The highest BCUT2D eigenvalue weighted by Gasteiger charge is 2.45. The van der Waals surface area contributed by atoms with Gasteiger partial charge >= 0.3 is 0 Å². The zero-order valence-corrected chi connectivity index (χ0v) is 29.4. The number of nitrogens with zero attached hydrogens (tertiary/aromatic N) is 4. The van der Waals surface area contributed by atoms with Gasteiger partial charge < -0.3 is 30.2 Å². The molecule has 52 heavy (non-hydrogen) atoms. The van der Waals surface area contributed by atoms with Crippen molar-refractivity contribution in [3.05, 3.63) is 63.5 Å². The van der Waals surface area contributed by atoms with Gasteiger partial charge in [-0.1, -0.05) is 6.07 Å². The summed E-state index contributed by atoms with van der Waals surface area (Å²) in [4.78, 5) is 55.1. The Kier molecular flexibility index (Phi) is 14.1. The SMILES string of the molecule is O=C1CCC(N2C(=O)c3cccc(NCCOCCOCCOCCNCCNc4nonc4C(=Nc4ccc(F)c(Br)c4)NO)c3C2=O)C(=O)N1. The Hall–Kier alpha value is -4.86. The first-order valence-corrected chi connectivity index (χ1v) is 17.1. The number of anilines is 2. The van der Waals surface area contributed by atoms with Crippen molar-refractivity contribution in [3.63, 3.8) is 0 Å². The van der Waals surface area contributed by atoms with E-state index < -0.39 is 35.5 Å². The number of ether oxygens (including phenoxy) is 3. The summed E-state index contributed by atoms with van der Waals surface area (Å²) < 4.78 is 35.2. The van der Waals surface area contributed by atoms with Crippen molar-refractivity contribution in [1.82, 2.24) is 31.3 Å². The highest BCUT2D eigenvalue weighted by Crippen LogP contribution is 2.32. The van der Waals surface area contributed by atoms with Crippen LogP contribution in [0.2, 0.25) is 0 Å². The standard InChI is InChI=1S/C32H37BrFN9O9/c33-21-18-19(4-5-22(21)34)38-29(40-48)27-28(42-52-41-27)37-9-8-35-10-12-49-14-16-51-17-15-50-13-11-36-23-3-1-2-20-26(23)32(47)43(31(20)46)24-6-7-25(44)39-30(24)45/h1-5,18,24,35-36,48H,6-17H2,(H,37,42)(H,38,40)(H,39,44,45). The lowest BCUT2D eigenvalue weighted by atomic mass is 10.0. The number of halogens is 2. The number of rotatable bonds is 20. The minimum Gasteiger partial charge on any atom is -0.382 e. The Morgan fingerprint density at radius 1 is 0.962 bits per heavy atom. The second-order valence-electron chi connectivity index (χ2n) is 11.2. The van der Waals surface area contributed by atoms with Crippen LogP contribution >= 0.6 is 15.9 Å². The average molecular weight is 791 g/mol. The molecule has 2 aliphatic heterocycles. The Morgan fingerprint density at radius 3 is 2.44 bits per heavy atom. The van der Waals surface area contributed by atoms with Crippen molar-refractivity contribution < 1.29 is 47.6 Å². The number of hydrogen-bond acceptors (Lipinski definition) is 15. The molecule has 3 aromatic rings. The van der Waals surface area contributed by atoms with Crippen LogP contribution in [0.1, 0.15) is 39.3 Å². The zero-order valence-electron chi connectivity index (χ0n) is 27.8. The normalized spacial score (nSPS) is 15.9. The fourth-order valence-corrected chi connectivity index (χ4v) is 5.64. The smallest absolute Gasteiger partial charge is 0.264 e. The molecule has 0 bridgehead atoms. The van der Waals surface area contributed by atoms with Gasteiger partial charge in [-0.2, -0.15) is 0 Å². The first-order valence-electron chi connectivity index (χ1n) is 16.3. The van der Waals surface area contributed by atoms with Crippen LogP contribution in [0.5, 0.6) is 0 Å². The van der Waals surface area contributed by atoms with E-state index in [2.05, 4.69) is 52.5 Å². The van der Waals surface area contributed by atoms with Crippen LogP contribution in [0, 0.1) is 5.82 Å². The number of carbonyl (C=O) groups excluding carboxylic acids is 4. The largest absolute Gasteiger partial charge is 0.382 e. The molecule has 18 nitrogen and oxygen atoms in total. The Balaban J connectivity index is 0.881. The van der Waals surface area contributed by atoms with E-state index in [1.54, 1.807) is 12.1 Å². The van der Waals surface area contributed by atoms with E-state index >= 15 is 0 Å². The third-order valence-corrected chi connectivity index (χ3v) is 8.36. The van der Waals surface area contributed by atoms with E-state index in [0.717, 1.165) is 4.90 Å².